The topological polar surface area (TPSA) is 64.0 Å². The number of carbonyl (C=O) groups excluding carboxylic acids is 2. The minimum Gasteiger partial charge on any atom is -0.321 e. The predicted octanol–water partition coefficient (Wildman–Crippen LogP) is 4.82. The van der Waals surface area contributed by atoms with Crippen molar-refractivity contribution in [2.45, 2.75) is 26.7 Å². The van der Waals surface area contributed by atoms with Gasteiger partial charge in [0.25, 0.3) is 5.91 Å². The van der Waals surface area contributed by atoms with E-state index in [9.17, 15) is 9.59 Å². The SMILES string of the molecule is CCCc1nn(C)c(C(=O)Nc2ccc(C(=O)c3ccc(C)cc3)cc2)c1Cl. The van der Waals surface area contributed by atoms with Crippen LogP contribution < -0.4 is 5.32 Å². The molecule has 1 aromatic heterocycles. The van der Waals surface area contributed by atoms with Crippen LogP contribution in [-0.4, -0.2) is 21.5 Å². The van der Waals surface area contributed by atoms with Gasteiger partial charge in [0.05, 0.1) is 10.7 Å². The number of carbonyl (C=O) groups is 2. The first-order chi connectivity index (χ1) is 13.4. The molecule has 6 heteroatoms. The lowest BCUT2D eigenvalue weighted by Crippen LogP contribution is -2.16. The van der Waals surface area contributed by atoms with Crippen LogP contribution in [0.2, 0.25) is 5.02 Å². The number of rotatable bonds is 6. The van der Waals surface area contributed by atoms with Crippen molar-refractivity contribution >= 4 is 29.0 Å². The number of ketones is 1. The van der Waals surface area contributed by atoms with Crippen molar-refractivity contribution in [1.82, 2.24) is 9.78 Å². The first-order valence-corrected chi connectivity index (χ1v) is 9.52. The molecule has 3 rings (SSSR count). The summed E-state index contributed by atoms with van der Waals surface area (Å²) in [6, 6.07) is 14.2. The van der Waals surface area contributed by atoms with E-state index in [2.05, 4.69) is 10.4 Å². The first kappa shape index (κ1) is 19.8. The van der Waals surface area contributed by atoms with E-state index < -0.39 is 0 Å². The van der Waals surface area contributed by atoms with Crippen molar-refractivity contribution in [3.8, 4) is 0 Å². The smallest absolute Gasteiger partial charge is 0.275 e. The molecule has 2 aromatic carbocycles. The number of halogens is 1. The summed E-state index contributed by atoms with van der Waals surface area (Å²) >= 11 is 6.33. The second kappa shape index (κ2) is 8.40. The Morgan fingerprint density at radius 3 is 2.18 bits per heavy atom. The quantitative estimate of drug-likeness (QED) is 0.608. The molecule has 0 spiro atoms. The third-order valence-corrected chi connectivity index (χ3v) is 4.87. The van der Waals surface area contributed by atoms with E-state index >= 15 is 0 Å². The van der Waals surface area contributed by atoms with Crippen molar-refractivity contribution in [2.75, 3.05) is 5.32 Å². The molecule has 0 atom stereocenters. The van der Waals surface area contributed by atoms with Gasteiger partial charge in [-0.05, 0) is 37.6 Å². The van der Waals surface area contributed by atoms with E-state index in [1.165, 1.54) is 4.68 Å². The minimum atomic E-state index is -0.333. The fourth-order valence-electron chi connectivity index (χ4n) is 2.96. The molecule has 0 saturated heterocycles. The van der Waals surface area contributed by atoms with Crippen LogP contribution in [0.5, 0.6) is 0 Å². The van der Waals surface area contributed by atoms with E-state index in [4.69, 9.17) is 11.6 Å². The maximum Gasteiger partial charge on any atom is 0.275 e. The first-order valence-electron chi connectivity index (χ1n) is 9.15. The van der Waals surface area contributed by atoms with Gasteiger partial charge in [-0.25, -0.2) is 0 Å². The molecule has 1 N–H and O–H groups in total. The molecule has 0 radical (unpaired) electrons. The Kier molecular flexibility index (Phi) is 5.95. The van der Waals surface area contributed by atoms with Gasteiger partial charge in [0, 0.05) is 23.9 Å². The van der Waals surface area contributed by atoms with Gasteiger partial charge in [-0.1, -0.05) is 54.8 Å². The molecular weight excluding hydrogens is 374 g/mol. The molecule has 0 aliphatic heterocycles. The highest BCUT2D eigenvalue weighted by Gasteiger charge is 2.20. The maximum atomic E-state index is 12.6. The lowest BCUT2D eigenvalue weighted by atomic mass is 10.0. The zero-order chi connectivity index (χ0) is 20.3. The number of aryl methyl sites for hydroxylation is 3. The zero-order valence-electron chi connectivity index (χ0n) is 16.1. The Morgan fingerprint density at radius 2 is 1.61 bits per heavy atom. The van der Waals surface area contributed by atoms with Crippen LogP contribution >= 0.6 is 11.6 Å². The normalized spacial score (nSPS) is 10.7. The van der Waals surface area contributed by atoms with Gasteiger partial charge in [-0.15, -0.1) is 0 Å². The van der Waals surface area contributed by atoms with Crippen LogP contribution in [0.3, 0.4) is 0 Å². The Hall–Kier alpha value is -2.92. The highest BCUT2D eigenvalue weighted by Crippen LogP contribution is 2.23. The summed E-state index contributed by atoms with van der Waals surface area (Å²) in [6.45, 7) is 4.01. The summed E-state index contributed by atoms with van der Waals surface area (Å²) < 4.78 is 1.50. The third-order valence-electron chi connectivity index (χ3n) is 4.48. The predicted molar refractivity (Wildman–Crippen MR) is 111 cm³/mol. The molecule has 0 saturated carbocycles. The van der Waals surface area contributed by atoms with E-state index in [0.717, 1.165) is 24.1 Å². The largest absolute Gasteiger partial charge is 0.321 e. The molecule has 0 fully saturated rings. The second-order valence-corrected chi connectivity index (χ2v) is 7.09. The average Bonchev–Trinajstić information content (AvgIpc) is 2.96. The maximum absolute atomic E-state index is 12.6. The van der Waals surface area contributed by atoms with Crippen molar-refractivity contribution in [1.29, 1.82) is 0 Å². The van der Waals surface area contributed by atoms with Crippen LogP contribution in [0.4, 0.5) is 5.69 Å². The van der Waals surface area contributed by atoms with Gasteiger partial charge in [-0.3, -0.25) is 14.3 Å². The standard InChI is InChI=1S/C22H22ClN3O2/c1-4-5-18-19(23)20(26(3)25-18)22(28)24-17-12-10-16(11-13-17)21(27)15-8-6-14(2)7-9-15/h6-13H,4-5H2,1-3H3,(H,24,28). The molecule has 0 aliphatic carbocycles. The molecule has 1 amide bonds. The number of nitrogens with zero attached hydrogens (tertiary/aromatic N) is 2. The Balaban J connectivity index is 1.75. The Morgan fingerprint density at radius 1 is 1.04 bits per heavy atom. The molecule has 0 unspecified atom stereocenters. The van der Waals surface area contributed by atoms with Gasteiger partial charge in [0.2, 0.25) is 0 Å². The van der Waals surface area contributed by atoms with Gasteiger partial charge < -0.3 is 5.32 Å². The molecule has 144 valence electrons. The van der Waals surface area contributed by atoms with E-state index in [-0.39, 0.29) is 11.7 Å². The fourth-order valence-corrected chi connectivity index (χ4v) is 3.30. The van der Waals surface area contributed by atoms with Crippen LogP contribution in [0.25, 0.3) is 0 Å². The van der Waals surface area contributed by atoms with E-state index in [1.807, 2.05) is 38.1 Å². The fraction of sp³-hybridized carbons (Fsp3) is 0.227. The molecule has 3 aromatic rings. The number of hydrogen-bond acceptors (Lipinski definition) is 3. The van der Waals surface area contributed by atoms with Gasteiger partial charge in [0.1, 0.15) is 5.69 Å². The van der Waals surface area contributed by atoms with E-state index in [1.54, 1.807) is 31.3 Å². The summed E-state index contributed by atoms with van der Waals surface area (Å²) in [4.78, 5) is 25.2. The van der Waals surface area contributed by atoms with Crippen molar-refractivity contribution in [3.63, 3.8) is 0 Å². The molecule has 5 nitrogen and oxygen atoms in total. The third kappa shape index (κ3) is 4.15. The van der Waals surface area contributed by atoms with Gasteiger partial charge in [0.15, 0.2) is 5.78 Å². The van der Waals surface area contributed by atoms with Crippen LogP contribution in [0.1, 0.15) is 51.0 Å². The summed E-state index contributed by atoms with van der Waals surface area (Å²) in [5, 5.41) is 7.51. The number of hydrogen-bond donors (Lipinski definition) is 1. The monoisotopic (exact) mass is 395 g/mol. The van der Waals surface area contributed by atoms with Crippen molar-refractivity contribution in [3.05, 3.63) is 81.6 Å². The molecule has 1 heterocycles. The lowest BCUT2D eigenvalue weighted by molar-refractivity contribution is 0.101. The minimum absolute atomic E-state index is 0.0586. The summed E-state index contributed by atoms with van der Waals surface area (Å²) in [6.07, 6.45) is 1.62. The van der Waals surface area contributed by atoms with Crippen molar-refractivity contribution in [2.24, 2.45) is 7.05 Å². The van der Waals surface area contributed by atoms with Crippen molar-refractivity contribution < 1.29 is 9.59 Å². The molecular formula is C22H22ClN3O2. The van der Waals surface area contributed by atoms with E-state index in [0.29, 0.717) is 27.5 Å². The second-order valence-electron chi connectivity index (χ2n) is 6.71. The molecule has 0 aliphatic rings. The number of benzene rings is 2. The number of anilines is 1. The van der Waals surface area contributed by atoms with Gasteiger partial charge in [-0.2, -0.15) is 5.10 Å². The summed E-state index contributed by atoms with van der Waals surface area (Å²) in [5.41, 5.74) is 3.92. The highest BCUT2D eigenvalue weighted by molar-refractivity contribution is 6.34. The Labute approximate surface area is 169 Å². The molecule has 28 heavy (non-hydrogen) atoms. The number of nitrogens with one attached hydrogen (secondary N) is 1. The molecule has 0 bridgehead atoms. The van der Waals surface area contributed by atoms with Gasteiger partial charge >= 0.3 is 0 Å². The van der Waals surface area contributed by atoms with Crippen LogP contribution in [0, 0.1) is 6.92 Å². The number of aromatic nitrogens is 2. The summed E-state index contributed by atoms with van der Waals surface area (Å²) in [7, 11) is 1.70. The zero-order valence-corrected chi connectivity index (χ0v) is 16.9. The Bertz CT molecular complexity index is 1010. The average molecular weight is 396 g/mol. The van der Waals surface area contributed by atoms with Crippen LogP contribution in [0.15, 0.2) is 48.5 Å². The lowest BCUT2D eigenvalue weighted by Gasteiger charge is -2.07. The van der Waals surface area contributed by atoms with Crippen LogP contribution in [-0.2, 0) is 13.5 Å². The summed E-state index contributed by atoms with van der Waals surface area (Å²) in [5.74, 6) is -0.392. The number of amides is 1. The highest BCUT2D eigenvalue weighted by atomic mass is 35.5.